The summed E-state index contributed by atoms with van der Waals surface area (Å²) >= 11 is 1.68. The SMILES string of the molecule is CC(C)c1nc2ccc(NCC(=O)NCC(=O)N3CCCC3)cc2s1. The fraction of sp³-hybridized carbons (Fsp3) is 0.500. The molecular weight excluding hydrogens is 336 g/mol. The number of thiazole rings is 1. The number of fused-ring (bicyclic) bond motifs is 1. The van der Waals surface area contributed by atoms with Crippen molar-refractivity contribution >= 4 is 39.1 Å². The second-order valence-electron chi connectivity index (χ2n) is 6.61. The average Bonchev–Trinajstić information content (AvgIpc) is 3.26. The number of hydrogen-bond acceptors (Lipinski definition) is 5. The van der Waals surface area contributed by atoms with Crippen LogP contribution in [0.5, 0.6) is 0 Å². The van der Waals surface area contributed by atoms with Gasteiger partial charge in [0.1, 0.15) is 0 Å². The zero-order valence-corrected chi connectivity index (χ0v) is 15.5. The molecule has 1 saturated heterocycles. The van der Waals surface area contributed by atoms with Gasteiger partial charge in [-0.1, -0.05) is 13.8 Å². The van der Waals surface area contributed by atoms with Crippen LogP contribution in [0.15, 0.2) is 18.2 Å². The van der Waals surface area contributed by atoms with E-state index in [0.717, 1.165) is 46.8 Å². The first-order chi connectivity index (χ1) is 12.0. The van der Waals surface area contributed by atoms with E-state index in [4.69, 9.17) is 0 Å². The number of nitrogens with one attached hydrogen (secondary N) is 2. The molecule has 0 aliphatic carbocycles. The summed E-state index contributed by atoms with van der Waals surface area (Å²) in [7, 11) is 0. The van der Waals surface area contributed by atoms with Crippen LogP contribution in [0.3, 0.4) is 0 Å². The number of hydrogen-bond donors (Lipinski definition) is 2. The van der Waals surface area contributed by atoms with Crippen molar-refractivity contribution in [1.82, 2.24) is 15.2 Å². The van der Waals surface area contributed by atoms with Crippen LogP contribution in [0.2, 0.25) is 0 Å². The first kappa shape index (κ1) is 17.7. The molecule has 25 heavy (non-hydrogen) atoms. The fourth-order valence-electron chi connectivity index (χ4n) is 2.80. The molecular formula is C18H24N4O2S. The van der Waals surface area contributed by atoms with Gasteiger partial charge in [-0.25, -0.2) is 4.98 Å². The lowest BCUT2D eigenvalue weighted by Gasteiger charge is -2.15. The summed E-state index contributed by atoms with van der Waals surface area (Å²) in [6, 6.07) is 5.91. The quantitative estimate of drug-likeness (QED) is 0.830. The van der Waals surface area contributed by atoms with E-state index < -0.39 is 0 Å². The van der Waals surface area contributed by atoms with E-state index >= 15 is 0 Å². The molecule has 7 heteroatoms. The molecule has 2 heterocycles. The third-order valence-corrected chi connectivity index (χ3v) is 5.57. The predicted octanol–water partition coefficient (Wildman–Crippen LogP) is 2.57. The Hall–Kier alpha value is -2.15. The Morgan fingerprint density at radius 3 is 2.72 bits per heavy atom. The van der Waals surface area contributed by atoms with Crippen LogP contribution in [0.25, 0.3) is 10.2 Å². The highest BCUT2D eigenvalue weighted by Crippen LogP contribution is 2.29. The van der Waals surface area contributed by atoms with Gasteiger partial charge in [0.15, 0.2) is 0 Å². The number of amides is 2. The highest BCUT2D eigenvalue weighted by atomic mass is 32.1. The van der Waals surface area contributed by atoms with Gasteiger partial charge >= 0.3 is 0 Å². The molecule has 1 aliphatic heterocycles. The molecule has 2 aromatic rings. The Morgan fingerprint density at radius 1 is 1.24 bits per heavy atom. The Balaban J connectivity index is 1.49. The Bertz CT molecular complexity index is 766. The van der Waals surface area contributed by atoms with Crippen molar-refractivity contribution in [3.63, 3.8) is 0 Å². The number of anilines is 1. The lowest BCUT2D eigenvalue weighted by atomic mass is 10.2. The lowest BCUT2D eigenvalue weighted by Crippen LogP contribution is -2.40. The second kappa shape index (κ2) is 7.82. The van der Waals surface area contributed by atoms with E-state index in [0.29, 0.717) is 5.92 Å². The van der Waals surface area contributed by atoms with E-state index in [1.54, 1.807) is 16.2 Å². The van der Waals surface area contributed by atoms with Crippen LogP contribution >= 0.6 is 11.3 Å². The summed E-state index contributed by atoms with van der Waals surface area (Å²) in [5.74, 6) is 0.227. The number of nitrogens with zero attached hydrogens (tertiary/aromatic N) is 2. The molecule has 1 aromatic carbocycles. The number of carbonyl (C=O) groups excluding carboxylic acids is 2. The monoisotopic (exact) mass is 360 g/mol. The van der Waals surface area contributed by atoms with E-state index in [2.05, 4.69) is 29.5 Å². The van der Waals surface area contributed by atoms with Crippen LogP contribution in [-0.2, 0) is 9.59 Å². The van der Waals surface area contributed by atoms with Crippen molar-refractivity contribution in [3.05, 3.63) is 23.2 Å². The summed E-state index contributed by atoms with van der Waals surface area (Å²) in [4.78, 5) is 30.3. The average molecular weight is 360 g/mol. The number of likely N-dealkylation sites (tertiary alicyclic amines) is 1. The lowest BCUT2D eigenvalue weighted by molar-refractivity contribution is -0.131. The minimum Gasteiger partial charge on any atom is -0.376 e. The van der Waals surface area contributed by atoms with Gasteiger partial charge in [0.2, 0.25) is 11.8 Å². The first-order valence-corrected chi connectivity index (χ1v) is 9.53. The van der Waals surface area contributed by atoms with E-state index in [1.165, 1.54) is 0 Å². The molecule has 1 aromatic heterocycles. The van der Waals surface area contributed by atoms with Gasteiger partial charge in [-0.3, -0.25) is 9.59 Å². The fourth-order valence-corrected chi connectivity index (χ4v) is 3.81. The molecule has 1 aliphatic rings. The summed E-state index contributed by atoms with van der Waals surface area (Å²) in [5, 5.41) is 6.91. The Kier molecular flexibility index (Phi) is 5.53. The zero-order valence-electron chi connectivity index (χ0n) is 14.7. The van der Waals surface area contributed by atoms with E-state index in [-0.39, 0.29) is 24.9 Å². The second-order valence-corrected chi connectivity index (χ2v) is 7.67. The van der Waals surface area contributed by atoms with Crippen LogP contribution < -0.4 is 10.6 Å². The zero-order chi connectivity index (χ0) is 17.8. The summed E-state index contributed by atoms with van der Waals surface area (Å²) < 4.78 is 1.11. The van der Waals surface area contributed by atoms with Crippen LogP contribution in [0.4, 0.5) is 5.69 Å². The predicted molar refractivity (Wildman–Crippen MR) is 101 cm³/mol. The maximum absolute atomic E-state index is 11.9. The normalized spacial score (nSPS) is 14.3. The molecule has 2 amide bonds. The minimum atomic E-state index is -0.181. The molecule has 0 saturated carbocycles. The molecule has 0 spiro atoms. The van der Waals surface area contributed by atoms with Gasteiger partial charge < -0.3 is 15.5 Å². The van der Waals surface area contributed by atoms with Crippen molar-refractivity contribution in [2.45, 2.75) is 32.6 Å². The van der Waals surface area contributed by atoms with Crippen molar-refractivity contribution in [3.8, 4) is 0 Å². The maximum Gasteiger partial charge on any atom is 0.241 e. The number of carbonyl (C=O) groups is 2. The van der Waals surface area contributed by atoms with Crippen molar-refractivity contribution < 1.29 is 9.59 Å². The van der Waals surface area contributed by atoms with Crippen molar-refractivity contribution in [2.24, 2.45) is 0 Å². The van der Waals surface area contributed by atoms with E-state index in [9.17, 15) is 9.59 Å². The third kappa shape index (κ3) is 4.48. The number of rotatable bonds is 6. The molecule has 0 unspecified atom stereocenters. The Morgan fingerprint density at radius 2 is 2.00 bits per heavy atom. The summed E-state index contributed by atoms with van der Waals surface area (Å²) in [6.45, 7) is 6.09. The van der Waals surface area contributed by atoms with Crippen molar-refractivity contribution in [1.29, 1.82) is 0 Å². The Labute approximate surface area is 151 Å². The molecule has 3 rings (SSSR count). The molecule has 0 radical (unpaired) electrons. The van der Waals surface area contributed by atoms with Crippen LogP contribution in [0.1, 0.15) is 37.6 Å². The van der Waals surface area contributed by atoms with E-state index in [1.807, 2.05) is 18.2 Å². The first-order valence-electron chi connectivity index (χ1n) is 8.72. The number of aromatic nitrogens is 1. The minimum absolute atomic E-state index is 0.00172. The summed E-state index contributed by atoms with van der Waals surface area (Å²) in [5.41, 5.74) is 1.87. The molecule has 134 valence electrons. The third-order valence-electron chi connectivity index (χ3n) is 4.25. The molecule has 2 N–H and O–H groups in total. The number of benzene rings is 1. The molecule has 1 fully saturated rings. The van der Waals surface area contributed by atoms with Gasteiger partial charge in [0.05, 0.1) is 28.3 Å². The summed E-state index contributed by atoms with van der Waals surface area (Å²) in [6.07, 6.45) is 2.11. The molecule has 0 bridgehead atoms. The highest BCUT2D eigenvalue weighted by molar-refractivity contribution is 7.18. The standard InChI is InChI=1S/C18H24N4O2S/c1-12(2)18-21-14-6-5-13(9-15(14)25-18)19-10-16(23)20-11-17(24)22-7-3-4-8-22/h5-6,9,12,19H,3-4,7-8,10-11H2,1-2H3,(H,20,23). The van der Waals surface area contributed by atoms with Gasteiger partial charge in [-0.05, 0) is 31.0 Å². The van der Waals surface area contributed by atoms with Gasteiger partial charge in [0, 0.05) is 24.7 Å². The van der Waals surface area contributed by atoms with Gasteiger partial charge in [-0.2, -0.15) is 0 Å². The van der Waals surface area contributed by atoms with Crippen molar-refractivity contribution in [2.75, 3.05) is 31.5 Å². The maximum atomic E-state index is 11.9. The molecule has 6 nitrogen and oxygen atoms in total. The van der Waals surface area contributed by atoms with Gasteiger partial charge in [0.25, 0.3) is 0 Å². The topological polar surface area (TPSA) is 74.3 Å². The smallest absolute Gasteiger partial charge is 0.241 e. The van der Waals surface area contributed by atoms with Crippen LogP contribution in [-0.4, -0.2) is 47.9 Å². The van der Waals surface area contributed by atoms with Crippen LogP contribution in [0, 0.1) is 0 Å². The van der Waals surface area contributed by atoms with Gasteiger partial charge in [-0.15, -0.1) is 11.3 Å². The highest BCUT2D eigenvalue weighted by Gasteiger charge is 2.18. The largest absolute Gasteiger partial charge is 0.376 e. The molecule has 0 atom stereocenters.